The van der Waals surface area contributed by atoms with Gasteiger partial charge in [-0.1, -0.05) is 84.9 Å². The van der Waals surface area contributed by atoms with Crippen molar-refractivity contribution >= 4 is 11.7 Å². The molecule has 5 heteroatoms. The van der Waals surface area contributed by atoms with Crippen molar-refractivity contribution in [2.45, 2.75) is 33.0 Å². The van der Waals surface area contributed by atoms with Crippen LogP contribution in [-0.4, -0.2) is 21.6 Å². The zero-order chi connectivity index (χ0) is 26.3. The van der Waals surface area contributed by atoms with Gasteiger partial charge in [0.1, 0.15) is 0 Å². The molecule has 1 aromatic heterocycles. The van der Waals surface area contributed by atoms with Crippen LogP contribution in [0, 0.1) is 0 Å². The van der Waals surface area contributed by atoms with E-state index in [0.717, 1.165) is 29.1 Å². The molecule has 0 saturated heterocycles. The van der Waals surface area contributed by atoms with E-state index in [1.54, 1.807) is 0 Å². The van der Waals surface area contributed by atoms with Gasteiger partial charge in [0, 0.05) is 18.4 Å². The van der Waals surface area contributed by atoms with Crippen molar-refractivity contribution in [3.8, 4) is 22.3 Å². The third-order valence-corrected chi connectivity index (χ3v) is 6.35. The highest BCUT2D eigenvalue weighted by atomic mass is 16.5. The van der Waals surface area contributed by atoms with E-state index in [1.165, 1.54) is 16.7 Å². The minimum Gasteiger partial charge on any atom is -0.459 e. The van der Waals surface area contributed by atoms with E-state index < -0.39 is 0 Å². The van der Waals surface area contributed by atoms with Crippen molar-refractivity contribution in [1.82, 2.24) is 9.55 Å². The van der Waals surface area contributed by atoms with Crippen LogP contribution in [0.5, 0.6) is 0 Å². The fraction of sp³-hybridized carbons (Fsp3) is 0.152. The van der Waals surface area contributed by atoms with E-state index in [0.29, 0.717) is 12.1 Å². The summed E-state index contributed by atoms with van der Waals surface area (Å²) < 4.78 is 7.64. The number of imidazole rings is 1. The van der Waals surface area contributed by atoms with Crippen molar-refractivity contribution < 1.29 is 9.53 Å². The molecule has 0 aliphatic rings. The number of nitrogens with one attached hydrogen (secondary N) is 1. The van der Waals surface area contributed by atoms with Gasteiger partial charge in [0.05, 0.1) is 30.2 Å². The first-order valence-corrected chi connectivity index (χ1v) is 12.8. The van der Waals surface area contributed by atoms with Crippen molar-refractivity contribution in [3.05, 3.63) is 132 Å². The van der Waals surface area contributed by atoms with Gasteiger partial charge >= 0.3 is 5.97 Å². The summed E-state index contributed by atoms with van der Waals surface area (Å²) in [5.74, 6) is -0.318. The average molecular weight is 502 g/mol. The van der Waals surface area contributed by atoms with E-state index in [2.05, 4.69) is 63.4 Å². The normalized spacial score (nSPS) is 10.9. The quantitative estimate of drug-likeness (QED) is 0.213. The maximum absolute atomic E-state index is 12.8. The summed E-state index contributed by atoms with van der Waals surface area (Å²) in [4.78, 5) is 17.2. The van der Waals surface area contributed by atoms with Crippen LogP contribution < -0.4 is 5.32 Å². The van der Waals surface area contributed by atoms with Crippen LogP contribution >= 0.6 is 0 Å². The molecule has 0 radical (unpaired) electrons. The summed E-state index contributed by atoms with van der Waals surface area (Å²) in [6, 6.07) is 34.7. The molecule has 5 nitrogen and oxygen atoms in total. The number of carbonyl (C=O) groups excluding carboxylic acids is 1. The Labute approximate surface area is 223 Å². The minimum absolute atomic E-state index is 0.182. The molecule has 0 spiro atoms. The highest BCUT2D eigenvalue weighted by Crippen LogP contribution is 2.28. The second kappa shape index (κ2) is 11.6. The predicted octanol–water partition coefficient (Wildman–Crippen LogP) is 7.44. The highest BCUT2D eigenvalue weighted by molar-refractivity contribution is 5.98. The van der Waals surface area contributed by atoms with Gasteiger partial charge in [-0.25, -0.2) is 9.78 Å². The lowest BCUT2D eigenvalue weighted by Gasteiger charge is -2.15. The lowest BCUT2D eigenvalue weighted by Crippen LogP contribution is -2.13. The number of hydrogen-bond donors (Lipinski definition) is 1. The Hall–Kier alpha value is -4.64. The molecule has 5 rings (SSSR count). The van der Waals surface area contributed by atoms with Crippen LogP contribution in [0.4, 0.5) is 5.69 Å². The van der Waals surface area contributed by atoms with Gasteiger partial charge in [-0.15, -0.1) is 0 Å². The Bertz CT molecular complexity index is 1490. The number of anilines is 1. The van der Waals surface area contributed by atoms with E-state index in [4.69, 9.17) is 4.74 Å². The van der Waals surface area contributed by atoms with Crippen molar-refractivity contribution in [3.63, 3.8) is 0 Å². The van der Waals surface area contributed by atoms with E-state index in [1.807, 2.05) is 81.0 Å². The van der Waals surface area contributed by atoms with Crippen LogP contribution in [0.2, 0.25) is 0 Å². The Kier molecular flexibility index (Phi) is 7.65. The van der Waals surface area contributed by atoms with Gasteiger partial charge in [-0.05, 0) is 59.9 Å². The van der Waals surface area contributed by atoms with Crippen molar-refractivity contribution in [2.24, 2.45) is 0 Å². The molecule has 190 valence electrons. The predicted molar refractivity (Wildman–Crippen MR) is 153 cm³/mol. The zero-order valence-electron chi connectivity index (χ0n) is 21.7. The Balaban J connectivity index is 1.31. The first-order chi connectivity index (χ1) is 18.6. The molecule has 1 heterocycles. The first-order valence-electron chi connectivity index (χ1n) is 12.8. The molecule has 0 aliphatic heterocycles. The fourth-order valence-electron chi connectivity index (χ4n) is 4.43. The summed E-state index contributed by atoms with van der Waals surface area (Å²) >= 11 is 0. The summed E-state index contributed by atoms with van der Waals surface area (Å²) in [5, 5.41) is 3.51. The van der Waals surface area contributed by atoms with Crippen LogP contribution in [0.15, 0.2) is 116 Å². The smallest absolute Gasteiger partial charge is 0.339 e. The molecule has 38 heavy (non-hydrogen) atoms. The summed E-state index contributed by atoms with van der Waals surface area (Å²) in [6.45, 7) is 5.06. The second-order valence-corrected chi connectivity index (χ2v) is 9.51. The standard InChI is InChI=1S/C33H31N3O2/c1-24(2)38-33(37)31-18-17-29(19-32(31)28-11-7-4-8-12-28)35-21-30-20-34-23-36(30)22-25-13-15-27(16-14-25)26-9-5-3-6-10-26/h3-20,23-24,35H,21-22H2,1-2H3. The topological polar surface area (TPSA) is 56.1 Å². The molecule has 1 N–H and O–H groups in total. The van der Waals surface area contributed by atoms with Crippen LogP contribution in [0.1, 0.15) is 35.5 Å². The molecule has 0 bridgehead atoms. The number of rotatable bonds is 9. The maximum atomic E-state index is 12.8. The lowest BCUT2D eigenvalue weighted by atomic mass is 9.99. The number of benzene rings is 4. The lowest BCUT2D eigenvalue weighted by molar-refractivity contribution is 0.0379. The molecule has 0 aliphatic carbocycles. The Morgan fingerprint density at radius 2 is 1.50 bits per heavy atom. The minimum atomic E-state index is -0.318. The number of carbonyl (C=O) groups is 1. The van der Waals surface area contributed by atoms with Crippen LogP contribution in [-0.2, 0) is 17.8 Å². The van der Waals surface area contributed by atoms with E-state index in [9.17, 15) is 4.79 Å². The van der Waals surface area contributed by atoms with Crippen molar-refractivity contribution in [1.29, 1.82) is 0 Å². The maximum Gasteiger partial charge on any atom is 0.339 e. The third-order valence-electron chi connectivity index (χ3n) is 6.35. The largest absolute Gasteiger partial charge is 0.459 e. The number of hydrogen-bond acceptors (Lipinski definition) is 4. The van der Waals surface area contributed by atoms with Crippen LogP contribution in [0.25, 0.3) is 22.3 Å². The van der Waals surface area contributed by atoms with Gasteiger partial charge < -0.3 is 14.6 Å². The van der Waals surface area contributed by atoms with Crippen LogP contribution in [0.3, 0.4) is 0 Å². The third kappa shape index (κ3) is 6.01. The molecule has 0 fully saturated rings. The highest BCUT2D eigenvalue weighted by Gasteiger charge is 2.16. The molecule has 0 unspecified atom stereocenters. The second-order valence-electron chi connectivity index (χ2n) is 9.51. The molecular formula is C33H31N3O2. The monoisotopic (exact) mass is 501 g/mol. The van der Waals surface area contributed by atoms with E-state index >= 15 is 0 Å². The van der Waals surface area contributed by atoms with E-state index in [-0.39, 0.29) is 12.1 Å². The summed E-state index contributed by atoms with van der Waals surface area (Å²) in [6.07, 6.45) is 3.57. The molecule has 0 saturated carbocycles. The molecule has 0 amide bonds. The average Bonchev–Trinajstić information content (AvgIpc) is 3.39. The number of esters is 1. The first kappa shape index (κ1) is 25.0. The number of nitrogens with zero attached hydrogens (tertiary/aromatic N) is 2. The Morgan fingerprint density at radius 3 is 2.18 bits per heavy atom. The summed E-state index contributed by atoms with van der Waals surface area (Å²) in [5.41, 5.74) is 7.99. The molecule has 4 aromatic carbocycles. The van der Waals surface area contributed by atoms with Gasteiger partial charge in [-0.2, -0.15) is 0 Å². The zero-order valence-corrected chi connectivity index (χ0v) is 21.7. The SMILES string of the molecule is CC(C)OC(=O)c1ccc(NCc2cncn2Cc2ccc(-c3ccccc3)cc2)cc1-c1ccccc1. The summed E-state index contributed by atoms with van der Waals surface area (Å²) in [7, 11) is 0. The molecular weight excluding hydrogens is 470 g/mol. The fourth-order valence-corrected chi connectivity index (χ4v) is 4.43. The van der Waals surface area contributed by atoms with Gasteiger partial charge in [0.25, 0.3) is 0 Å². The molecule has 0 atom stereocenters. The Morgan fingerprint density at radius 1 is 0.842 bits per heavy atom. The van der Waals surface area contributed by atoms with Gasteiger partial charge in [0.2, 0.25) is 0 Å². The molecule has 5 aromatic rings. The van der Waals surface area contributed by atoms with Gasteiger partial charge in [-0.3, -0.25) is 0 Å². The number of aromatic nitrogens is 2. The number of ether oxygens (including phenoxy) is 1. The van der Waals surface area contributed by atoms with Gasteiger partial charge in [0.15, 0.2) is 0 Å². The van der Waals surface area contributed by atoms with Crippen molar-refractivity contribution in [2.75, 3.05) is 5.32 Å².